The van der Waals surface area contributed by atoms with E-state index in [-0.39, 0.29) is 23.2 Å². The largest absolute Gasteiger partial charge is 0.323 e. The lowest BCUT2D eigenvalue weighted by molar-refractivity contribution is -0.121. The minimum Gasteiger partial charge on any atom is -0.308 e. The number of aryl methyl sites for hydroxylation is 1. The third kappa shape index (κ3) is 5.92. The predicted molar refractivity (Wildman–Crippen MR) is 140 cm³/mol. The van der Waals surface area contributed by atoms with E-state index < -0.39 is 6.04 Å². The summed E-state index contributed by atoms with van der Waals surface area (Å²) in [5, 5.41) is 3.41. The Labute approximate surface area is 218 Å². The van der Waals surface area contributed by atoms with Gasteiger partial charge in [0.15, 0.2) is 5.78 Å². The van der Waals surface area contributed by atoms with E-state index in [1.807, 2.05) is 24.3 Å². The van der Waals surface area contributed by atoms with Crippen LogP contribution in [0.5, 0.6) is 0 Å². The van der Waals surface area contributed by atoms with Crippen LogP contribution in [0.4, 0.5) is 14.9 Å². The highest BCUT2D eigenvalue weighted by atomic mass is 35.5. The number of anilines is 1. The molecule has 1 atom stereocenters. The van der Waals surface area contributed by atoms with E-state index in [0.29, 0.717) is 28.5 Å². The second kappa shape index (κ2) is 11.2. The molecule has 0 saturated heterocycles. The highest BCUT2D eigenvalue weighted by molar-refractivity contribution is 6.30. The standard InChI is InChI=1S/C17H15ClN2O2.C11H9FN2O/c1-11(21)16-15-5-3-2-4-12(15)10-20(16)17(22)19-14-8-6-13(18)7-9-14;1-8-2-3-9(6-10(8)12)14-5-4-13-7-11(14)15/h2-9,16H,10H2,1H3,(H,19,22);2-7H,1H3. The molecule has 37 heavy (non-hydrogen) atoms. The molecule has 3 aromatic carbocycles. The van der Waals surface area contributed by atoms with Gasteiger partial charge in [-0.3, -0.25) is 19.1 Å². The van der Waals surface area contributed by atoms with Crippen molar-refractivity contribution in [2.45, 2.75) is 26.4 Å². The molecule has 2 heterocycles. The first-order valence-corrected chi connectivity index (χ1v) is 11.8. The maximum absolute atomic E-state index is 13.3. The number of rotatable bonds is 3. The lowest BCUT2D eigenvalue weighted by atomic mass is 10.0. The van der Waals surface area contributed by atoms with Gasteiger partial charge in [0.25, 0.3) is 5.56 Å². The molecule has 7 nitrogen and oxygen atoms in total. The number of ketones is 1. The molecule has 4 aromatic rings. The number of nitrogens with zero attached hydrogens (tertiary/aromatic N) is 3. The predicted octanol–water partition coefficient (Wildman–Crippen LogP) is 5.70. The van der Waals surface area contributed by atoms with E-state index in [2.05, 4.69) is 10.3 Å². The molecule has 9 heteroatoms. The van der Waals surface area contributed by atoms with Gasteiger partial charge in [0.05, 0.1) is 11.9 Å². The van der Waals surface area contributed by atoms with E-state index in [1.54, 1.807) is 48.2 Å². The maximum Gasteiger partial charge on any atom is 0.323 e. The Morgan fingerprint density at radius 3 is 2.49 bits per heavy atom. The highest BCUT2D eigenvalue weighted by Gasteiger charge is 2.36. The number of benzene rings is 3. The average molecular weight is 519 g/mol. The molecule has 0 spiro atoms. The summed E-state index contributed by atoms with van der Waals surface area (Å²) in [4.78, 5) is 41.1. The number of urea groups is 1. The topological polar surface area (TPSA) is 84.3 Å². The van der Waals surface area contributed by atoms with Gasteiger partial charge in [0, 0.05) is 29.6 Å². The zero-order valence-corrected chi connectivity index (χ0v) is 20.9. The Bertz CT molecular complexity index is 1500. The number of carbonyl (C=O) groups excluding carboxylic acids is 2. The van der Waals surface area contributed by atoms with Crippen LogP contribution in [0.2, 0.25) is 5.02 Å². The smallest absolute Gasteiger partial charge is 0.308 e. The van der Waals surface area contributed by atoms with Gasteiger partial charge >= 0.3 is 6.03 Å². The van der Waals surface area contributed by atoms with Crippen molar-refractivity contribution in [2.24, 2.45) is 0 Å². The fourth-order valence-corrected chi connectivity index (χ4v) is 4.16. The number of nitrogens with one attached hydrogen (secondary N) is 1. The number of fused-ring (bicyclic) bond motifs is 1. The second-order valence-electron chi connectivity index (χ2n) is 8.49. The van der Waals surface area contributed by atoms with Gasteiger partial charge in [0.2, 0.25) is 0 Å². The van der Waals surface area contributed by atoms with Crippen LogP contribution in [0.1, 0.15) is 29.7 Å². The van der Waals surface area contributed by atoms with E-state index >= 15 is 0 Å². The zero-order valence-electron chi connectivity index (χ0n) is 20.2. The summed E-state index contributed by atoms with van der Waals surface area (Å²) in [7, 11) is 0. The normalized spacial score (nSPS) is 13.8. The van der Waals surface area contributed by atoms with Crippen molar-refractivity contribution in [3.8, 4) is 5.69 Å². The molecule has 0 fully saturated rings. The molecule has 0 bridgehead atoms. The number of hydrogen-bond donors (Lipinski definition) is 1. The maximum atomic E-state index is 13.3. The van der Waals surface area contributed by atoms with Crippen LogP contribution in [0, 0.1) is 12.7 Å². The van der Waals surface area contributed by atoms with Crippen molar-refractivity contribution in [3.63, 3.8) is 0 Å². The molecular weight excluding hydrogens is 495 g/mol. The van der Waals surface area contributed by atoms with E-state index in [1.165, 1.54) is 36.1 Å². The van der Waals surface area contributed by atoms with Crippen LogP contribution in [-0.4, -0.2) is 26.3 Å². The first-order valence-electron chi connectivity index (χ1n) is 11.4. The van der Waals surface area contributed by atoms with Crippen LogP contribution in [0.15, 0.2) is 90.1 Å². The molecule has 188 valence electrons. The van der Waals surface area contributed by atoms with Gasteiger partial charge in [0.1, 0.15) is 11.9 Å². The molecule has 5 rings (SSSR count). The Hall–Kier alpha value is -4.30. The zero-order chi connectivity index (χ0) is 26.5. The fraction of sp³-hybridized carbons (Fsp3) is 0.143. The van der Waals surface area contributed by atoms with Crippen molar-refractivity contribution >= 4 is 29.1 Å². The first-order chi connectivity index (χ1) is 17.7. The van der Waals surface area contributed by atoms with E-state index in [0.717, 1.165) is 11.1 Å². The quantitative estimate of drug-likeness (QED) is 0.377. The Morgan fingerprint density at radius 1 is 1.08 bits per heavy atom. The molecule has 1 aromatic heterocycles. The van der Waals surface area contributed by atoms with Crippen LogP contribution < -0.4 is 10.9 Å². The summed E-state index contributed by atoms with van der Waals surface area (Å²) in [6.07, 6.45) is 4.18. The molecular formula is C28H24ClFN4O3. The van der Waals surface area contributed by atoms with E-state index in [4.69, 9.17) is 11.6 Å². The summed E-state index contributed by atoms with van der Waals surface area (Å²) in [6, 6.07) is 18.4. The van der Waals surface area contributed by atoms with Crippen LogP contribution in [-0.2, 0) is 11.3 Å². The molecule has 0 radical (unpaired) electrons. The van der Waals surface area contributed by atoms with Crippen molar-refractivity contribution in [2.75, 3.05) is 5.32 Å². The number of halogens is 2. The summed E-state index contributed by atoms with van der Waals surface area (Å²) < 4.78 is 14.6. The minimum atomic E-state index is -0.525. The van der Waals surface area contributed by atoms with Gasteiger partial charge in [-0.1, -0.05) is 41.9 Å². The third-order valence-electron chi connectivity index (χ3n) is 5.90. The molecule has 0 aliphatic carbocycles. The summed E-state index contributed by atoms with van der Waals surface area (Å²) >= 11 is 5.83. The SMILES string of the molecule is CC(=O)C1c2ccccc2CN1C(=O)Nc1ccc(Cl)cc1.Cc1ccc(-n2ccncc2=O)cc1F. The molecule has 2 amide bonds. The molecule has 0 saturated carbocycles. The number of hydrogen-bond acceptors (Lipinski definition) is 4. The van der Waals surface area contributed by atoms with Crippen molar-refractivity contribution in [1.82, 2.24) is 14.5 Å². The van der Waals surface area contributed by atoms with E-state index in [9.17, 15) is 18.8 Å². The molecule has 1 aliphatic heterocycles. The van der Waals surface area contributed by atoms with Gasteiger partial charge < -0.3 is 10.2 Å². The number of amides is 2. The van der Waals surface area contributed by atoms with Gasteiger partial charge in [-0.15, -0.1) is 0 Å². The minimum absolute atomic E-state index is 0.0452. The third-order valence-corrected chi connectivity index (χ3v) is 6.15. The van der Waals surface area contributed by atoms with Crippen LogP contribution in [0.3, 0.4) is 0 Å². The Balaban J connectivity index is 0.000000186. The monoisotopic (exact) mass is 518 g/mol. The molecule has 1 aliphatic rings. The summed E-state index contributed by atoms with van der Waals surface area (Å²) in [6.45, 7) is 3.61. The second-order valence-corrected chi connectivity index (χ2v) is 8.93. The number of aromatic nitrogens is 2. The van der Waals surface area contributed by atoms with Crippen LogP contribution >= 0.6 is 11.6 Å². The average Bonchev–Trinajstić information content (AvgIpc) is 3.28. The van der Waals surface area contributed by atoms with Crippen LogP contribution in [0.25, 0.3) is 5.69 Å². The van der Waals surface area contributed by atoms with Gasteiger partial charge in [-0.2, -0.15) is 0 Å². The van der Waals surface area contributed by atoms with Gasteiger partial charge in [-0.25, -0.2) is 9.18 Å². The lowest BCUT2D eigenvalue weighted by Gasteiger charge is -2.23. The summed E-state index contributed by atoms with van der Waals surface area (Å²) in [5.74, 6) is -0.368. The molecule has 1 N–H and O–H groups in total. The van der Waals surface area contributed by atoms with Crippen molar-refractivity contribution in [1.29, 1.82) is 0 Å². The first kappa shape index (κ1) is 25.8. The Morgan fingerprint density at radius 2 is 1.81 bits per heavy atom. The number of carbonyl (C=O) groups is 2. The van der Waals surface area contributed by atoms with Gasteiger partial charge in [-0.05, 0) is 66.9 Å². The highest BCUT2D eigenvalue weighted by Crippen LogP contribution is 2.34. The van der Waals surface area contributed by atoms with Crippen molar-refractivity contribution < 1.29 is 14.0 Å². The van der Waals surface area contributed by atoms with Crippen molar-refractivity contribution in [3.05, 3.63) is 123 Å². The summed E-state index contributed by atoms with van der Waals surface area (Å²) in [5.41, 5.74) is 3.34. The Kier molecular flexibility index (Phi) is 7.79. The molecule has 1 unspecified atom stereocenters. The lowest BCUT2D eigenvalue weighted by Crippen LogP contribution is -2.36. The fourth-order valence-electron chi connectivity index (χ4n) is 4.04. The number of Topliss-reactive ketones (excluding diaryl/α,β-unsaturated/α-hetero) is 1.